The van der Waals surface area contributed by atoms with Crippen LogP contribution in [-0.4, -0.2) is 26.1 Å². The van der Waals surface area contributed by atoms with Crippen molar-refractivity contribution in [2.24, 2.45) is 0 Å². The van der Waals surface area contributed by atoms with Crippen LogP contribution >= 0.6 is 0 Å². The number of nitrogens with two attached hydrogens (primary N) is 1. The minimum absolute atomic E-state index is 0.108. The third-order valence-corrected chi connectivity index (χ3v) is 2.31. The highest BCUT2D eigenvalue weighted by Crippen LogP contribution is 2.18. The Morgan fingerprint density at radius 1 is 1.44 bits per heavy atom. The maximum absolute atomic E-state index is 11.7. The van der Waals surface area contributed by atoms with Crippen LogP contribution in [0.5, 0.6) is 0 Å². The molecular formula is C12H16N4O2. The SMILES string of the molecule is CC(C)(C)OC(=O)Cn1ccc2c(N)ncnc21. The van der Waals surface area contributed by atoms with Gasteiger partial charge in [-0.1, -0.05) is 0 Å². The van der Waals surface area contributed by atoms with Crippen LogP contribution in [-0.2, 0) is 16.1 Å². The van der Waals surface area contributed by atoms with E-state index < -0.39 is 5.60 Å². The molecule has 0 aliphatic rings. The molecule has 2 aromatic heterocycles. The molecule has 2 heterocycles. The number of hydrogen-bond acceptors (Lipinski definition) is 5. The number of nitrogens with zero attached hydrogens (tertiary/aromatic N) is 3. The quantitative estimate of drug-likeness (QED) is 0.811. The van der Waals surface area contributed by atoms with Crippen LogP contribution in [0.25, 0.3) is 11.0 Å². The van der Waals surface area contributed by atoms with Crippen LogP contribution < -0.4 is 5.73 Å². The highest BCUT2D eigenvalue weighted by molar-refractivity contribution is 5.86. The van der Waals surface area contributed by atoms with Crippen molar-refractivity contribution in [3.05, 3.63) is 18.6 Å². The maximum atomic E-state index is 11.7. The van der Waals surface area contributed by atoms with Crippen LogP contribution in [0.3, 0.4) is 0 Å². The number of fused-ring (bicyclic) bond motifs is 1. The Morgan fingerprint density at radius 3 is 2.83 bits per heavy atom. The summed E-state index contributed by atoms with van der Waals surface area (Å²) in [5.74, 6) is 0.0973. The smallest absolute Gasteiger partial charge is 0.326 e. The summed E-state index contributed by atoms with van der Waals surface area (Å²) in [7, 11) is 0. The van der Waals surface area contributed by atoms with Gasteiger partial charge in [0.1, 0.15) is 29.9 Å². The molecule has 0 saturated heterocycles. The molecule has 96 valence electrons. The van der Waals surface area contributed by atoms with E-state index in [1.165, 1.54) is 6.33 Å². The standard InChI is InChI=1S/C12H16N4O2/c1-12(2,3)18-9(17)6-16-5-4-8-10(13)14-7-15-11(8)16/h4-5,7H,6H2,1-3H3,(H2,13,14,15). The van der Waals surface area contributed by atoms with E-state index in [9.17, 15) is 4.79 Å². The van der Waals surface area contributed by atoms with Crippen molar-refractivity contribution >= 4 is 22.8 Å². The molecule has 6 nitrogen and oxygen atoms in total. The zero-order chi connectivity index (χ0) is 13.3. The Balaban J connectivity index is 2.23. The Kier molecular flexibility index (Phi) is 2.94. The first-order chi connectivity index (χ1) is 8.37. The highest BCUT2D eigenvalue weighted by atomic mass is 16.6. The van der Waals surface area contributed by atoms with Crippen LogP contribution in [0.4, 0.5) is 5.82 Å². The third-order valence-electron chi connectivity index (χ3n) is 2.31. The lowest BCUT2D eigenvalue weighted by Gasteiger charge is -2.19. The van der Waals surface area contributed by atoms with E-state index in [1.54, 1.807) is 16.8 Å². The molecule has 0 aliphatic carbocycles. The molecule has 2 N–H and O–H groups in total. The van der Waals surface area contributed by atoms with Crippen molar-refractivity contribution in [3.63, 3.8) is 0 Å². The first kappa shape index (κ1) is 12.3. The number of carbonyl (C=O) groups is 1. The van der Waals surface area contributed by atoms with E-state index in [1.807, 2.05) is 20.8 Å². The Labute approximate surface area is 105 Å². The third kappa shape index (κ3) is 2.58. The lowest BCUT2D eigenvalue weighted by molar-refractivity contribution is -0.155. The molecule has 0 amide bonds. The monoisotopic (exact) mass is 248 g/mol. The second-order valence-corrected chi connectivity index (χ2v) is 5.03. The van der Waals surface area contributed by atoms with Gasteiger partial charge in [-0.05, 0) is 26.8 Å². The van der Waals surface area contributed by atoms with E-state index in [-0.39, 0.29) is 12.5 Å². The Morgan fingerprint density at radius 2 is 2.17 bits per heavy atom. The maximum Gasteiger partial charge on any atom is 0.326 e. The number of anilines is 1. The summed E-state index contributed by atoms with van der Waals surface area (Å²) in [4.78, 5) is 19.7. The number of nitrogen functional groups attached to an aromatic ring is 1. The van der Waals surface area contributed by atoms with Crippen molar-refractivity contribution in [1.29, 1.82) is 0 Å². The first-order valence-electron chi connectivity index (χ1n) is 5.64. The van der Waals surface area contributed by atoms with Crippen molar-refractivity contribution in [2.45, 2.75) is 32.9 Å². The molecule has 0 aromatic carbocycles. The molecule has 0 atom stereocenters. The number of hydrogen-bond donors (Lipinski definition) is 1. The summed E-state index contributed by atoms with van der Waals surface area (Å²) in [6.07, 6.45) is 3.13. The number of carbonyl (C=O) groups excluding carboxylic acids is 1. The zero-order valence-corrected chi connectivity index (χ0v) is 10.7. The summed E-state index contributed by atoms with van der Waals surface area (Å²) in [6.45, 7) is 5.60. The molecule has 2 aromatic rings. The fraction of sp³-hybridized carbons (Fsp3) is 0.417. The summed E-state index contributed by atoms with van der Waals surface area (Å²) in [6, 6.07) is 1.79. The molecule has 0 bridgehead atoms. The van der Waals surface area contributed by atoms with Crippen molar-refractivity contribution in [1.82, 2.24) is 14.5 Å². The lowest BCUT2D eigenvalue weighted by Crippen LogP contribution is -2.26. The zero-order valence-electron chi connectivity index (χ0n) is 10.7. The van der Waals surface area contributed by atoms with Gasteiger partial charge in [0.2, 0.25) is 0 Å². The fourth-order valence-electron chi connectivity index (χ4n) is 1.66. The predicted octanol–water partition coefficient (Wildman–Crippen LogP) is 1.36. The fourth-order valence-corrected chi connectivity index (χ4v) is 1.66. The Hall–Kier alpha value is -2.11. The van der Waals surface area contributed by atoms with E-state index in [0.29, 0.717) is 11.5 Å². The van der Waals surface area contributed by atoms with Gasteiger partial charge in [0.15, 0.2) is 0 Å². The van der Waals surface area contributed by atoms with Gasteiger partial charge in [0.25, 0.3) is 0 Å². The van der Waals surface area contributed by atoms with Gasteiger partial charge in [-0.2, -0.15) is 0 Å². The van der Waals surface area contributed by atoms with Crippen LogP contribution in [0.15, 0.2) is 18.6 Å². The molecule has 2 rings (SSSR count). The van der Waals surface area contributed by atoms with E-state index in [0.717, 1.165) is 5.39 Å². The average molecular weight is 248 g/mol. The molecule has 0 radical (unpaired) electrons. The number of ether oxygens (including phenoxy) is 1. The van der Waals surface area contributed by atoms with E-state index in [2.05, 4.69) is 9.97 Å². The normalized spacial score (nSPS) is 11.7. The minimum Gasteiger partial charge on any atom is -0.459 e. The Bertz CT molecular complexity index is 583. The molecule has 6 heteroatoms. The largest absolute Gasteiger partial charge is 0.459 e. The van der Waals surface area contributed by atoms with Crippen LogP contribution in [0.1, 0.15) is 20.8 Å². The second-order valence-electron chi connectivity index (χ2n) is 5.03. The molecule has 0 aliphatic heterocycles. The minimum atomic E-state index is -0.492. The van der Waals surface area contributed by atoms with Crippen molar-refractivity contribution < 1.29 is 9.53 Å². The molecule has 18 heavy (non-hydrogen) atoms. The number of rotatable bonds is 2. The van der Waals surface area contributed by atoms with Gasteiger partial charge < -0.3 is 15.0 Å². The number of aromatic nitrogens is 3. The molecule has 0 saturated carbocycles. The lowest BCUT2D eigenvalue weighted by atomic mass is 10.2. The van der Waals surface area contributed by atoms with Gasteiger partial charge in [0, 0.05) is 6.20 Å². The molecule has 0 spiro atoms. The highest BCUT2D eigenvalue weighted by Gasteiger charge is 2.17. The summed E-state index contributed by atoms with van der Waals surface area (Å²) in [5.41, 5.74) is 5.86. The molecule has 0 fully saturated rings. The molecule has 0 unspecified atom stereocenters. The van der Waals surface area contributed by atoms with Crippen molar-refractivity contribution in [3.8, 4) is 0 Å². The second kappa shape index (κ2) is 4.29. The summed E-state index contributed by atoms with van der Waals surface area (Å²) in [5, 5.41) is 0.737. The van der Waals surface area contributed by atoms with E-state index in [4.69, 9.17) is 10.5 Å². The van der Waals surface area contributed by atoms with Gasteiger partial charge in [-0.15, -0.1) is 0 Å². The van der Waals surface area contributed by atoms with Crippen LogP contribution in [0.2, 0.25) is 0 Å². The van der Waals surface area contributed by atoms with Gasteiger partial charge in [-0.3, -0.25) is 4.79 Å². The topological polar surface area (TPSA) is 83.0 Å². The van der Waals surface area contributed by atoms with Gasteiger partial charge in [-0.25, -0.2) is 9.97 Å². The first-order valence-corrected chi connectivity index (χ1v) is 5.64. The van der Waals surface area contributed by atoms with Gasteiger partial charge >= 0.3 is 5.97 Å². The van der Waals surface area contributed by atoms with Gasteiger partial charge in [0.05, 0.1) is 5.39 Å². The summed E-state index contributed by atoms with van der Waals surface area (Å²) < 4.78 is 6.95. The predicted molar refractivity (Wildman–Crippen MR) is 67.8 cm³/mol. The van der Waals surface area contributed by atoms with E-state index >= 15 is 0 Å². The average Bonchev–Trinajstić information content (AvgIpc) is 2.60. The number of esters is 1. The van der Waals surface area contributed by atoms with Crippen LogP contribution in [0, 0.1) is 0 Å². The molecular weight excluding hydrogens is 232 g/mol. The summed E-state index contributed by atoms with van der Waals surface area (Å²) >= 11 is 0. The van der Waals surface area contributed by atoms with Crippen molar-refractivity contribution in [2.75, 3.05) is 5.73 Å².